The van der Waals surface area contributed by atoms with E-state index in [9.17, 15) is 0 Å². The second kappa shape index (κ2) is 8.75. The summed E-state index contributed by atoms with van der Waals surface area (Å²) in [5.41, 5.74) is 0. The molecule has 24 heavy (non-hydrogen) atoms. The minimum atomic E-state index is 0.422. The van der Waals surface area contributed by atoms with Crippen LogP contribution in [-0.4, -0.2) is 72.5 Å². The van der Waals surface area contributed by atoms with Crippen LogP contribution in [0.15, 0.2) is 6.07 Å². The molecule has 2 saturated heterocycles. The number of hydrogen-bond donors (Lipinski definition) is 2. The van der Waals surface area contributed by atoms with Crippen molar-refractivity contribution in [2.75, 3.05) is 62.7 Å². The average molecular weight is 371 g/mol. The minimum absolute atomic E-state index is 0.422. The topological polar surface area (TPSA) is 65.6 Å². The lowest BCUT2D eigenvalue weighted by Crippen LogP contribution is -2.42. The van der Waals surface area contributed by atoms with Crippen molar-refractivity contribution in [1.29, 1.82) is 0 Å². The van der Waals surface area contributed by atoms with Crippen molar-refractivity contribution in [2.45, 2.75) is 12.8 Å². The maximum absolute atomic E-state index is 6.12. The van der Waals surface area contributed by atoms with Crippen LogP contribution >= 0.6 is 23.8 Å². The Kier molecular flexibility index (Phi) is 6.42. The Morgan fingerprint density at radius 1 is 1.21 bits per heavy atom. The molecule has 0 radical (unpaired) electrons. The molecule has 3 heterocycles. The van der Waals surface area contributed by atoms with Crippen molar-refractivity contribution < 1.29 is 4.74 Å². The Hall–Kier alpha value is -1.22. The molecule has 1 aromatic heterocycles. The number of anilines is 2. The van der Waals surface area contributed by atoms with Gasteiger partial charge in [-0.15, -0.1) is 0 Å². The summed E-state index contributed by atoms with van der Waals surface area (Å²) in [4.78, 5) is 13.3. The molecular formula is C15H23ClN6OS. The molecule has 0 bridgehead atoms. The lowest BCUT2D eigenvalue weighted by Gasteiger charge is -2.26. The number of hydrogen-bond acceptors (Lipinski definition) is 6. The third-order valence-electron chi connectivity index (χ3n) is 4.15. The van der Waals surface area contributed by atoms with Crippen molar-refractivity contribution >= 4 is 40.7 Å². The molecule has 2 N–H and O–H groups in total. The van der Waals surface area contributed by atoms with E-state index in [1.807, 2.05) is 0 Å². The molecule has 0 aromatic carbocycles. The number of morpholine rings is 1. The van der Waals surface area contributed by atoms with Crippen molar-refractivity contribution in [1.82, 2.24) is 20.2 Å². The van der Waals surface area contributed by atoms with Crippen LogP contribution in [0.5, 0.6) is 0 Å². The van der Waals surface area contributed by atoms with E-state index >= 15 is 0 Å². The minimum Gasteiger partial charge on any atom is -0.379 e. The molecule has 2 aliphatic rings. The molecule has 0 amide bonds. The van der Waals surface area contributed by atoms with Gasteiger partial charge < -0.3 is 20.3 Å². The van der Waals surface area contributed by atoms with Crippen molar-refractivity contribution in [3.05, 3.63) is 11.2 Å². The Bertz CT molecular complexity index is 563. The van der Waals surface area contributed by atoms with Gasteiger partial charge in [0.1, 0.15) is 11.0 Å². The van der Waals surface area contributed by atoms with Crippen molar-refractivity contribution in [3.8, 4) is 0 Å². The van der Waals surface area contributed by atoms with Crippen LogP contribution in [0.2, 0.25) is 5.15 Å². The van der Waals surface area contributed by atoms with Crippen LogP contribution < -0.4 is 15.5 Å². The second-order valence-corrected chi connectivity index (χ2v) is 6.70. The van der Waals surface area contributed by atoms with Crippen LogP contribution in [0, 0.1) is 0 Å². The van der Waals surface area contributed by atoms with Crippen LogP contribution in [0.4, 0.5) is 11.8 Å². The summed E-state index contributed by atoms with van der Waals surface area (Å²) in [6.07, 6.45) is 2.37. The maximum Gasteiger partial charge on any atom is 0.232 e. The van der Waals surface area contributed by atoms with Gasteiger partial charge in [-0.05, 0) is 25.1 Å². The van der Waals surface area contributed by atoms with Gasteiger partial charge in [-0.25, -0.2) is 4.98 Å². The van der Waals surface area contributed by atoms with E-state index in [1.165, 1.54) is 12.8 Å². The maximum atomic E-state index is 6.12. The van der Waals surface area contributed by atoms with E-state index in [4.69, 9.17) is 28.6 Å². The Morgan fingerprint density at radius 2 is 1.96 bits per heavy atom. The summed E-state index contributed by atoms with van der Waals surface area (Å²) >= 11 is 11.4. The van der Waals surface area contributed by atoms with Gasteiger partial charge >= 0.3 is 0 Å². The number of halogens is 1. The van der Waals surface area contributed by atoms with Gasteiger partial charge in [-0.3, -0.25) is 4.90 Å². The Labute approximate surface area is 152 Å². The van der Waals surface area contributed by atoms with Crippen LogP contribution in [0.1, 0.15) is 12.8 Å². The van der Waals surface area contributed by atoms with E-state index in [0.717, 1.165) is 58.3 Å². The fourth-order valence-electron chi connectivity index (χ4n) is 2.87. The van der Waals surface area contributed by atoms with Gasteiger partial charge in [0, 0.05) is 45.3 Å². The highest BCUT2D eigenvalue weighted by atomic mass is 35.5. The lowest BCUT2D eigenvalue weighted by molar-refractivity contribution is 0.0389. The summed E-state index contributed by atoms with van der Waals surface area (Å²) in [7, 11) is 0. The summed E-state index contributed by atoms with van der Waals surface area (Å²) in [6.45, 7) is 7.27. The van der Waals surface area contributed by atoms with Crippen molar-refractivity contribution in [3.63, 3.8) is 0 Å². The smallest absolute Gasteiger partial charge is 0.232 e. The molecule has 7 nitrogen and oxygen atoms in total. The van der Waals surface area contributed by atoms with E-state index in [2.05, 4.69) is 30.4 Å². The van der Waals surface area contributed by atoms with Crippen LogP contribution in [0.25, 0.3) is 0 Å². The standard InChI is InChI=1S/C15H23ClN6OS/c16-12-11-13(22-4-1-2-5-22)19-14(18-12)20-15(24)17-3-6-21-7-9-23-10-8-21/h11H,1-10H2,(H2,17,18,19,20,24). The fraction of sp³-hybridized carbons (Fsp3) is 0.667. The van der Waals surface area contributed by atoms with Gasteiger partial charge in [0.05, 0.1) is 13.2 Å². The molecule has 0 saturated carbocycles. The Morgan fingerprint density at radius 3 is 2.71 bits per heavy atom. The molecule has 0 spiro atoms. The highest BCUT2D eigenvalue weighted by Crippen LogP contribution is 2.22. The first-order valence-corrected chi connectivity index (χ1v) is 9.14. The zero-order chi connectivity index (χ0) is 16.8. The first kappa shape index (κ1) is 17.6. The highest BCUT2D eigenvalue weighted by molar-refractivity contribution is 7.80. The third kappa shape index (κ3) is 5.14. The summed E-state index contributed by atoms with van der Waals surface area (Å²) in [6, 6.07) is 1.80. The number of aromatic nitrogens is 2. The molecule has 0 unspecified atom stereocenters. The highest BCUT2D eigenvalue weighted by Gasteiger charge is 2.16. The first-order chi connectivity index (χ1) is 11.7. The predicted molar refractivity (Wildman–Crippen MR) is 100.0 cm³/mol. The molecule has 132 valence electrons. The zero-order valence-corrected chi connectivity index (χ0v) is 15.2. The number of thiocarbonyl (C=S) groups is 1. The summed E-state index contributed by atoms with van der Waals surface area (Å²) < 4.78 is 5.34. The van der Waals surface area contributed by atoms with E-state index in [-0.39, 0.29) is 0 Å². The SMILES string of the molecule is S=C(NCCN1CCOCC1)Nc1nc(Cl)cc(N2CCCC2)n1. The molecule has 3 rings (SSSR count). The molecule has 0 atom stereocenters. The zero-order valence-electron chi connectivity index (χ0n) is 13.6. The average Bonchev–Trinajstić information content (AvgIpc) is 3.10. The lowest BCUT2D eigenvalue weighted by atomic mass is 10.4. The Balaban J connectivity index is 1.48. The molecule has 0 aliphatic carbocycles. The number of nitrogens with one attached hydrogen (secondary N) is 2. The molecule has 1 aromatic rings. The van der Waals surface area contributed by atoms with Crippen LogP contribution in [-0.2, 0) is 4.74 Å². The monoisotopic (exact) mass is 370 g/mol. The number of nitrogens with zero attached hydrogens (tertiary/aromatic N) is 4. The van der Waals surface area contributed by atoms with Gasteiger partial charge in [0.25, 0.3) is 0 Å². The van der Waals surface area contributed by atoms with E-state index in [1.54, 1.807) is 6.07 Å². The third-order valence-corrected chi connectivity index (χ3v) is 4.59. The van der Waals surface area contributed by atoms with Crippen LogP contribution in [0.3, 0.4) is 0 Å². The van der Waals surface area contributed by atoms with Gasteiger partial charge in [0.2, 0.25) is 5.95 Å². The largest absolute Gasteiger partial charge is 0.379 e. The van der Waals surface area contributed by atoms with E-state index in [0.29, 0.717) is 16.2 Å². The number of ether oxygens (including phenoxy) is 1. The fourth-order valence-corrected chi connectivity index (χ4v) is 3.24. The van der Waals surface area contributed by atoms with Gasteiger partial charge in [0.15, 0.2) is 5.11 Å². The normalized spacial score (nSPS) is 18.6. The van der Waals surface area contributed by atoms with Gasteiger partial charge in [-0.1, -0.05) is 11.6 Å². The molecule has 2 fully saturated rings. The van der Waals surface area contributed by atoms with Crippen molar-refractivity contribution in [2.24, 2.45) is 0 Å². The molecule has 9 heteroatoms. The summed E-state index contributed by atoms with van der Waals surface area (Å²) in [5, 5.41) is 7.15. The number of rotatable bonds is 5. The predicted octanol–water partition coefficient (Wildman–Crippen LogP) is 1.35. The molecule has 2 aliphatic heterocycles. The first-order valence-electron chi connectivity index (χ1n) is 8.35. The molecular weight excluding hydrogens is 348 g/mol. The van der Waals surface area contributed by atoms with Gasteiger partial charge in [-0.2, -0.15) is 4.98 Å². The summed E-state index contributed by atoms with van der Waals surface area (Å²) in [5.74, 6) is 1.29. The quantitative estimate of drug-likeness (QED) is 0.595. The van der Waals surface area contributed by atoms with E-state index < -0.39 is 0 Å². The second-order valence-electron chi connectivity index (χ2n) is 5.90.